The first-order chi connectivity index (χ1) is 10.2. The number of pyridine rings is 1. The number of nitrogens with one attached hydrogen (secondary N) is 1. The molecule has 0 bridgehead atoms. The molecule has 0 aliphatic rings. The monoisotopic (exact) mass is 292 g/mol. The summed E-state index contributed by atoms with van der Waals surface area (Å²) in [6.07, 6.45) is 1.07. The molecule has 0 atom stereocenters. The maximum absolute atomic E-state index is 11.1. The van der Waals surface area contributed by atoms with Gasteiger partial charge >= 0.3 is 6.09 Å². The number of carbonyl (C=O) groups is 1. The van der Waals surface area contributed by atoms with E-state index in [1.807, 2.05) is 6.92 Å². The summed E-state index contributed by atoms with van der Waals surface area (Å²) in [5.74, 6) is 1.21. The highest BCUT2D eigenvalue weighted by molar-refractivity contribution is 5.66. The van der Waals surface area contributed by atoms with Gasteiger partial charge in [0.05, 0.1) is 13.2 Å². The van der Waals surface area contributed by atoms with Gasteiger partial charge in [-0.1, -0.05) is 5.16 Å². The van der Waals surface area contributed by atoms with Crippen LogP contribution in [0.3, 0.4) is 0 Å². The Labute approximate surface area is 121 Å². The average molecular weight is 292 g/mol. The Kier molecular flexibility index (Phi) is 5.08. The van der Waals surface area contributed by atoms with E-state index in [4.69, 9.17) is 14.0 Å². The minimum atomic E-state index is -0.528. The van der Waals surface area contributed by atoms with Crippen molar-refractivity contribution in [2.24, 2.45) is 0 Å². The zero-order valence-electron chi connectivity index (χ0n) is 11.8. The molecule has 2 aromatic rings. The Morgan fingerprint density at radius 2 is 2.19 bits per heavy atom. The van der Waals surface area contributed by atoms with Gasteiger partial charge in [0.15, 0.2) is 0 Å². The highest BCUT2D eigenvalue weighted by Crippen LogP contribution is 2.17. The molecule has 8 heteroatoms. The van der Waals surface area contributed by atoms with Crippen LogP contribution in [0.15, 0.2) is 22.9 Å². The second-order valence-electron chi connectivity index (χ2n) is 3.90. The summed E-state index contributed by atoms with van der Waals surface area (Å²) in [6.45, 7) is 4.58. The number of ether oxygens (including phenoxy) is 2. The zero-order chi connectivity index (χ0) is 15.1. The van der Waals surface area contributed by atoms with Gasteiger partial charge in [0.2, 0.25) is 17.6 Å². The molecule has 0 aromatic carbocycles. The molecule has 0 unspecified atom stereocenters. The van der Waals surface area contributed by atoms with Gasteiger partial charge in [-0.3, -0.25) is 0 Å². The summed E-state index contributed by atoms with van der Waals surface area (Å²) in [6, 6.07) is 3.51. The quantitative estimate of drug-likeness (QED) is 0.866. The van der Waals surface area contributed by atoms with Crippen molar-refractivity contribution in [3.8, 4) is 17.3 Å². The maximum atomic E-state index is 11.1. The van der Waals surface area contributed by atoms with Gasteiger partial charge in [-0.05, 0) is 19.9 Å². The van der Waals surface area contributed by atoms with E-state index >= 15 is 0 Å². The lowest BCUT2D eigenvalue weighted by Gasteiger charge is -2.01. The molecule has 8 nitrogen and oxygen atoms in total. The van der Waals surface area contributed by atoms with Crippen molar-refractivity contribution in [3.05, 3.63) is 24.2 Å². The summed E-state index contributed by atoms with van der Waals surface area (Å²) in [4.78, 5) is 19.4. The fourth-order valence-electron chi connectivity index (χ4n) is 1.52. The third-order valence-electron chi connectivity index (χ3n) is 2.41. The Bertz CT molecular complexity index is 582. The average Bonchev–Trinajstić information content (AvgIpc) is 2.95. The van der Waals surface area contributed by atoms with Crippen LogP contribution in [0.5, 0.6) is 5.88 Å². The van der Waals surface area contributed by atoms with Crippen molar-refractivity contribution in [2.75, 3.05) is 13.2 Å². The van der Waals surface area contributed by atoms with E-state index in [2.05, 4.69) is 20.4 Å². The molecule has 2 aromatic heterocycles. The first kappa shape index (κ1) is 14.8. The highest BCUT2D eigenvalue weighted by Gasteiger charge is 2.10. The van der Waals surface area contributed by atoms with Crippen LogP contribution in [0.4, 0.5) is 4.79 Å². The molecule has 0 aliphatic heterocycles. The minimum Gasteiger partial charge on any atom is -0.478 e. The third-order valence-corrected chi connectivity index (χ3v) is 2.41. The predicted molar refractivity (Wildman–Crippen MR) is 72.6 cm³/mol. The van der Waals surface area contributed by atoms with Crippen LogP contribution < -0.4 is 10.1 Å². The number of aromatic nitrogens is 3. The largest absolute Gasteiger partial charge is 0.478 e. The van der Waals surface area contributed by atoms with Crippen LogP contribution in [0.2, 0.25) is 0 Å². The lowest BCUT2D eigenvalue weighted by Crippen LogP contribution is -2.23. The molecule has 0 saturated heterocycles. The normalized spacial score (nSPS) is 10.2. The van der Waals surface area contributed by atoms with Crippen molar-refractivity contribution < 1.29 is 18.8 Å². The molecule has 1 amide bonds. The molecule has 0 fully saturated rings. The molecule has 21 heavy (non-hydrogen) atoms. The van der Waals surface area contributed by atoms with E-state index in [0.717, 1.165) is 0 Å². The first-order valence-corrected chi connectivity index (χ1v) is 6.55. The Hall–Kier alpha value is -2.64. The standard InChI is InChI=1S/C13H16N4O4/c1-3-19-10-6-5-9(7-14-10)12-16-11(21-17-12)8-15-13(18)20-4-2/h5-7H,3-4,8H2,1-2H3,(H,15,18). The molecule has 0 spiro atoms. The third kappa shape index (κ3) is 4.16. The van der Waals surface area contributed by atoms with Gasteiger partial charge in [-0.15, -0.1) is 0 Å². The summed E-state index contributed by atoms with van der Waals surface area (Å²) >= 11 is 0. The van der Waals surface area contributed by atoms with Crippen molar-refractivity contribution in [3.63, 3.8) is 0 Å². The molecule has 2 heterocycles. The van der Waals surface area contributed by atoms with Crippen LogP contribution >= 0.6 is 0 Å². The van der Waals surface area contributed by atoms with Gasteiger partial charge in [-0.2, -0.15) is 4.98 Å². The van der Waals surface area contributed by atoms with Gasteiger partial charge in [0.1, 0.15) is 6.54 Å². The van der Waals surface area contributed by atoms with Crippen molar-refractivity contribution in [1.29, 1.82) is 0 Å². The van der Waals surface area contributed by atoms with Crippen LogP contribution in [-0.2, 0) is 11.3 Å². The number of alkyl carbamates (subject to hydrolysis) is 1. The smallest absolute Gasteiger partial charge is 0.407 e. The minimum absolute atomic E-state index is 0.107. The van der Waals surface area contributed by atoms with E-state index < -0.39 is 6.09 Å². The second kappa shape index (κ2) is 7.22. The molecule has 0 aliphatic carbocycles. The summed E-state index contributed by atoms with van der Waals surface area (Å²) in [5.41, 5.74) is 0.699. The number of nitrogens with zero attached hydrogens (tertiary/aromatic N) is 3. The molecule has 112 valence electrons. The second-order valence-corrected chi connectivity index (χ2v) is 3.90. The highest BCUT2D eigenvalue weighted by atomic mass is 16.5. The van der Waals surface area contributed by atoms with E-state index in [1.54, 1.807) is 25.3 Å². The van der Waals surface area contributed by atoms with Crippen LogP contribution in [-0.4, -0.2) is 34.4 Å². The molecule has 0 radical (unpaired) electrons. The Morgan fingerprint density at radius 3 is 2.86 bits per heavy atom. The SMILES string of the molecule is CCOC(=O)NCc1nc(-c2ccc(OCC)nc2)no1. The van der Waals surface area contributed by atoms with Gasteiger partial charge in [0.25, 0.3) is 0 Å². The number of carbonyl (C=O) groups excluding carboxylic acids is 1. The van der Waals surface area contributed by atoms with Crippen molar-refractivity contribution in [2.45, 2.75) is 20.4 Å². The Balaban J connectivity index is 1.97. The van der Waals surface area contributed by atoms with Crippen molar-refractivity contribution in [1.82, 2.24) is 20.4 Å². The van der Waals surface area contributed by atoms with E-state index in [-0.39, 0.29) is 12.4 Å². The predicted octanol–water partition coefficient (Wildman–Crippen LogP) is 1.78. The number of amides is 1. The van der Waals surface area contributed by atoms with Crippen LogP contribution in [0, 0.1) is 0 Å². The van der Waals surface area contributed by atoms with E-state index in [9.17, 15) is 4.79 Å². The van der Waals surface area contributed by atoms with Crippen LogP contribution in [0.25, 0.3) is 11.4 Å². The molecule has 0 saturated carbocycles. The van der Waals surface area contributed by atoms with E-state index in [0.29, 0.717) is 30.5 Å². The molecular weight excluding hydrogens is 276 g/mol. The lowest BCUT2D eigenvalue weighted by molar-refractivity contribution is 0.150. The molecular formula is C13H16N4O4. The number of hydrogen-bond donors (Lipinski definition) is 1. The lowest BCUT2D eigenvalue weighted by atomic mass is 10.3. The van der Waals surface area contributed by atoms with Crippen molar-refractivity contribution >= 4 is 6.09 Å². The maximum Gasteiger partial charge on any atom is 0.407 e. The Morgan fingerprint density at radius 1 is 1.33 bits per heavy atom. The van der Waals surface area contributed by atoms with Gasteiger partial charge in [-0.25, -0.2) is 9.78 Å². The topological polar surface area (TPSA) is 99.4 Å². The fraction of sp³-hybridized carbons (Fsp3) is 0.385. The van der Waals surface area contributed by atoms with Gasteiger partial charge in [0, 0.05) is 17.8 Å². The summed E-state index contributed by atoms with van der Waals surface area (Å²) in [7, 11) is 0. The van der Waals surface area contributed by atoms with Crippen LogP contribution in [0.1, 0.15) is 19.7 Å². The summed E-state index contributed by atoms with van der Waals surface area (Å²) < 4.78 is 15.0. The number of hydrogen-bond acceptors (Lipinski definition) is 7. The first-order valence-electron chi connectivity index (χ1n) is 6.55. The summed E-state index contributed by atoms with van der Waals surface area (Å²) in [5, 5.41) is 6.32. The van der Waals surface area contributed by atoms with E-state index in [1.165, 1.54) is 0 Å². The van der Waals surface area contributed by atoms with Gasteiger partial charge < -0.3 is 19.3 Å². The zero-order valence-corrected chi connectivity index (χ0v) is 11.8. The molecule has 2 rings (SSSR count). The molecule has 1 N–H and O–H groups in total. The number of rotatable bonds is 6. The fourth-order valence-corrected chi connectivity index (χ4v) is 1.52.